The average molecular weight is 351 g/mol. The third-order valence-electron chi connectivity index (χ3n) is 4.96. The lowest BCUT2D eigenvalue weighted by atomic mass is 10.1. The largest absolute Gasteiger partial charge is 0.493 e. The molecule has 0 spiro atoms. The van der Waals surface area contributed by atoms with Gasteiger partial charge in [-0.3, -0.25) is 4.79 Å². The quantitative estimate of drug-likeness (QED) is 0.840. The SMILES string of the molecule is COc1ccc([C@H]2S[C@H](C)C(=O)N2CC[NH+]2CCCC2)cc1OC. The third kappa shape index (κ3) is 3.49. The van der Waals surface area contributed by atoms with Gasteiger partial charge >= 0.3 is 0 Å². The van der Waals surface area contributed by atoms with Gasteiger partial charge in [-0.1, -0.05) is 6.07 Å². The van der Waals surface area contributed by atoms with E-state index < -0.39 is 0 Å². The molecule has 1 aromatic rings. The molecule has 2 fully saturated rings. The zero-order valence-corrected chi connectivity index (χ0v) is 15.5. The summed E-state index contributed by atoms with van der Waals surface area (Å²) in [6.07, 6.45) is 2.63. The van der Waals surface area contributed by atoms with Gasteiger partial charge in [0.25, 0.3) is 0 Å². The molecule has 2 aliphatic rings. The number of carbonyl (C=O) groups is 1. The maximum absolute atomic E-state index is 12.6. The first-order valence-corrected chi connectivity index (χ1v) is 9.59. The number of quaternary nitrogens is 1. The normalized spacial score (nSPS) is 24.6. The number of nitrogens with one attached hydrogen (secondary N) is 1. The minimum absolute atomic E-state index is 0.0108. The summed E-state index contributed by atoms with van der Waals surface area (Å²) >= 11 is 1.72. The lowest BCUT2D eigenvalue weighted by Crippen LogP contribution is -3.10. The topological polar surface area (TPSA) is 43.2 Å². The number of benzene rings is 1. The van der Waals surface area contributed by atoms with E-state index in [1.165, 1.54) is 25.9 Å². The van der Waals surface area contributed by atoms with Crippen molar-refractivity contribution in [1.82, 2.24) is 4.90 Å². The van der Waals surface area contributed by atoms with Gasteiger partial charge in [-0.05, 0) is 24.6 Å². The molecule has 0 aromatic heterocycles. The van der Waals surface area contributed by atoms with Crippen LogP contribution in [0.2, 0.25) is 0 Å². The van der Waals surface area contributed by atoms with Crippen molar-refractivity contribution in [2.45, 2.75) is 30.4 Å². The maximum Gasteiger partial charge on any atom is 0.236 e. The highest BCUT2D eigenvalue weighted by Gasteiger charge is 2.39. The van der Waals surface area contributed by atoms with Crippen LogP contribution in [0.15, 0.2) is 18.2 Å². The summed E-state index contributed by atoms with van der Waals surface area (Å²) < 4.78 is 10.7. The molecule has 1 aromatic carbocycles. The van der Waals surface area contributed by atoms with E-state index in [1.807, 2.05) is 30.0 Å². The van der Waals surface area contributed by atoms with Gasteiger partial charge < -0.3 is 19.3 Å². The third-order valence-corrected chi connectivity index (χ3v) is 6.35. The molecule has 3 rings (SSSR count). The Hall–Kier alpha value is -1.40. The second-order valence-electron chi connectivity index (χ2n) is 6.48. The highest BCUT2D eigenvalue weighted by atomic mass is 32.2. The highest BCUT2D eigenvalue weighted by molar-refractivity contribution is 8.01. The number of likely N-dealkylation sites (tertiary alicyclic amines) is 1. The van der Waals surface area contributed by atoms with Crippen LogP contribution in [0.25, 0.3) is 0 Å². The van der Waals surface area contributed by atoms with Gasteiger partial charge in [0, 0.05) is 12.8 Å². The van der Waals surface area contributed by atoms with E-state index in [2.05, 4.69) is 0 Å². The van der Waals surface area contributed by atoms with Gasteiger partial charge in [-0.15, -0.1) is 11.8 Å². The van der Waals surface area contributed by atoms with Crippen molar-refractivity contribution in [2.24, 2.45) is 0 Å². The summed E-state index contributed by atoms with van der Waals surface area (Å²) in [5.74, 6) is 1.68. The van der Waals surface area contributed by atoms with Crippen molar-refractivity contribution >= 4 is 17.7 Å². The van der Waals surface area contributed by atoms with E-state index in [0.717, 1.165) is 24.4 Å². The van der Waals surface area contributed by atoms with Crippen molar-refractivity contribution in [3.05, 3.63) is 23.8 Å². The minimum Gasteiger partial charge on any atom is -0.493 e. The Morgan fingerprint density at radius 3 is 2.58 bits per heavy atom. The van der Waals surface area contributed by atoms with Gasteiger partial charge in [0.05, 0.1) is 45.6 Å². The summed E-state index contributed by atoms with van der Waals surface area (Å²) in [5, 5.41) is 0.0750. The molecule has 5 nitrogen and oxygen atoms in total. The van der Waals surface area contributed by atoms with Gasteiger partial charge in [0.2, 0.25) is 5.91 Å². The molecule has 132 valence electrons. The Morgan fingerprint density at radius 2 is 1.92 bits per heavy atom. The van der Waals surface area contributed by atoms with Gasteiger partial charge in [-0.25, -0.2) is 0 Å². The fourth-order valence-electron chi connectivity index (χ4n) is 3.57. The number of ether oxygens (including phenoxy) is 2. The number of hydrogen-bond donors (Lipinski definition) is 1. The van der Waals surface area contributed by atoms with E-state index in [4.69, 9.17) is 9.47 Å². The van der Waals surface area contributed by atoms with Crippen molar-refractivity contribution in [3.63, 3.8) is 0 Å². The zero-order chi connectivity index (χ0) is 17.1. The number of thioether (sulfide) groups is 1. The molecule has 6 heteroatoms. The smallest absolute Gasteiger partial charge is 0.236 e. The van der Waals surface area contributed by atoms with Crippen LogP contribution in [0.1, 0.15) is 30.7 Å². The van der Waals surface area contributed by atoms with Crippen molar-refractivity contribution in [3.8, 4) is 11.5 Å². The number of amides is 1. The molecule has 2 saturated heterocycles. The molecule has 0 unspecified atom stereocenters. The lowest BCUT2D eigenvalue weighted by molar-refractivity contribution is -0.886. The van der Waals surface area contributed by atoms with Crippen LogP contribution in [0.4, 0.5) is 0 Å². The van der Waals surface area contributed by atoms with E-state index >= 15 is 0 Å². The molecular formula is C18H27N2O3S+. The Bertz CT molecular complexity index is 590. The summed E-state index contributed by atoms with van der Waals surface area (Å²) in [5.41, 5.74) is 1.10. The Morgan fingerprint density at radius 1 is 1.21 bits per heavy atom. The molecule has 2 aliphatic heterocycles. The molecule has 0 aliphatic carbocycles. The predicted octanol–water partition coefficient (Wildman–Crippen LogP) is 1.35. The van der Waals surface area contributed by atoms with Crippen LogP contribution in [-0.4, -0.2) is 56.5 Å². The Labute approximate surface area is 148 Å². The molecule has 1 amide bonds. The molecular weight excluding hydrogens is 324 g/mol. The van der Waals surface area contributed by atoms with Crippen molar-refractivity contribution in [1.29, 1.82) is 0 Å². The van der Waals surface area contributed by atoms with Gasteiger partial charge in [0.15, 0.2) is 11.5 Å². The first-order valence-electron chi connectivity index (χ1n) is 8.65. The van der Waals surface area contributed by atoms with Crippen LogP contribution in [0, 0.1) is 0 Å². The Balaban J connectivity index is 1.77. The van der Waals surface area contributed by atoms with Gasteiger partial charge in [0.1, 0.15) is 5.37 Å². The second-order valence-corrected chi connectivity index (χ2v) is 7.91. The number of nitrogens with zero attached hydrogens (tertiary/aromatic N) is 1. The fraction of sp³-hybridized carbons (Fsp3) is 0.611. The molecule has 2 heterocycles. The standard InChI is InChI=1S/C18H26N2O3S/c1-13-17(21)20(11-10-19-8-4-5-9-19)18(24-13)14-6-7-15(22-2)16(12-14)23-3/h6-7,12-13,18H,4-5,8-11H2,1-3H3/p+1/t13-,18-/m1/s1. The van der Waals surface area contributed by atoms with Crippen LogP contribution in [0.3, 0.4) is 0 Å². The van der Waals surface area contributed by atoms with Crippen LogP contribution < -0.4 is 14.4 Å². The molecule has 0 saturated carbocycles. The first-order chi connectivity index (χ1) is 11.6. The highest BCUT2D eigenvalue weighted by Crippen LogP contribution is 2.44. The van der Waals surface area contributed by atoms with Crippen LogP contribution in [-0.2, 0) is 4.79 Å². The van der Waals surface area contributed by atoms with Crippen LogP contribution >= 0.6 is 11.8 Å². The molecule has 0 bridgehead atoms. The molecule has 1 N–H and O–H groups in total. The fourth-order valence-corrected chi connectivity index (χ4v) is 4.87. The number of carbonyl (C=O) groups excluding carboxylic acids is 1. The monoisotopic (exact) mass is 351 g/mol. The summed E-state index contributed by atoms with van der Waals surface area (Å²) in [7, 11) is 3.28. The van der Waals surface area contributed by atoms with E-state index in [0.29, 0.717) is 5.75 Å². The van der Waals surface area contributed by atoms with E-state index in [9.17, 15) is 4.79 Å². The second kappa shape index (κ2) is 7.66. The van der Waals surface area contributed by atoms with Crippen LogP contribution in [0.5, 0.6) is 11.5 Å². The molecule has 24 heavy (non-hydrogen) atoms. The van der Waals surface area contributed by atoms with Crippen molar-refractivity contribution in [2.75, 3.05) is 40.4 Å². The predicted molar refractivity (Wildman–Crippen MR) is 95.9 cm³/mol. The molecule has 0 radical (unpaired) electrons. The summed E-state index contributed by atoms with van der Waals surface area (Å²) in [6, 6.07) is 5.96. The zero-order valence-electron chi connectivity index (χ0n) is 14.7. The number of methoxy groups -OCH3 is 2. The summed E-state index contributed by atoms with van der Waals surface area (Å²) in [4.78, 5) is 16.3. The van der Waals surface area contributed by atoms with E-state index in [-0.39, 0.29) is 16.5 Å². The minimum atomic E-state index is 0.0108. The maximum atomic E-state index is 12.6. The number of rotatable bonds is 6. The average Bonchev–Trinajstić information content (AvgIpc) is 3.21. The van der Waals surface area contributed by atoms with E-state index in [1.54, 1.807) is 30.9 Å². The van der Waals surface area contributed by atoms with Crippen molar-refractivity contribution < 1.29 is 19.2 Å². The van der Waals surface area contributed by atoms with Gasteiger partial charge in [-0.2, -0.15) is 0 Å². The Kier molecular flexibility index (Phi) is 5.56. The number of hydrogen-bond acceptors (Lipinski definition) is 4. The molecule has 2 atom stereocenters. The summed E-state index contributed by atoms with van der Waals surface area (Å²) in [6.45, 7) is 6.36. The lowest BCUT2D eigenvalue weighted by Gasteiger charge is -2.25. The first kappa shape index (κ1) is 17.4.